The van der Waals surface area contributed by atoms with Crippen LogP contribution >= 0.6 is 11.6 Å². The van der Waals surface area contributed by atoms with Gasteiger partial charge in [0.15, 0.2) is 0 Å². The molecule has 2 N–H and O–H groups in total. The minimum atomic E-state index is -4.44. The van der Waals surface area contributed by atoms with Crippen LogP contribution in [-0.2, 0) is 15.5 Å². The summed E-state index contributed by atoms with van der Waals surface area (Å²) in [5.41, 5.74) is 5.80. The van der Waals surface area contributed by atoms with Crippen molar-refractivity contribution in [3.63, 3.8) is 0 Å². The predicted molar refractivity (Wildman–Crippen MR) is 59.1 cm³/mol. The molecular formula is C9H9ClF3NO2S. The second-order valence-corrected chi connectivity index (χ2v) is 4.89. The van der Waals surface area contributed by atoms with Crippen molar-refractivity contribution in [2.24, 2.45) is 0 Å². The number of nitrogen functional groups attached to an aromatic ring is 1. The molecule has 0 aromatic heterocycles. The first kappa shape index (κ1) is 14.3. The van der Waals surface area contributed by atoms with Gasteiger partial charge in [-0.1, -0.05) is 11.6 Å². The second kappa shape index (κ2) is 5.70. The third kappa shape index (κ3) is 4.93. The van der Waals surface area contributed by atoms with E-state index in [2.05, 4.69) is 4.74 Å². The summed E-state index contributed by atoms with van der Waals surface area (Å²) in [6.07, 6.45) is -4.44. The minimum absolute atomic E-state index is 0.138. The molecule has 0 spiro atoms. The van der Waals surface area contributed by atoms with Crippen molar-refractivity contribution in [3.05, 3.63) is 23.2 Å². The molecule has 0 aliphatic heterocycles. The van der Waals surface area contributed by atoms with Crippen LogP contribution in [0.15, 0.2) is 23.1 Å². The van der Waals surface area contributed by atoms with E-state index in [1.54, 1.807) is 0 Å². The van der Waals surface area contributed by atoms with Crippen LogP contribution in [0.25, 0.3) is 0 Å². The van der Waals surface area contributed by atoms with E-state index < -0.39 is 29.5 Å². The third-order valence-corrected chi connectivity index (χ3v) is 3.31. The molecule has 96 valence electrons. The van der Waals surface area contributed by atoms with Crippen LogP contribution in [0.4, 0.5) is 18.9 Å². The monoisotopic (exact) mass is 287 g/mol. The number of ether oxygens (including phenoxy) is 1. The molecule has 0 aliphatic rings. The molecule has 1 aromatic carbocycles. The van der Waals surface area contributed by atoms with Crippen molar-refractivity contribution in [2.75, 3.05) is 18.3 Å². The van der Waals surface area contributed by atoms with Crippen LogP contribution in [-0.4, -0.2) is 22.9 Å². The van der Waals surface area contributed by atoms with Gasteiger partial charge in [-0.2, -0.15) is 13.2 Å². The molecule has 0 radical (unpaired) electrons. The average Bonchev–Trinajstić information content (AvgIpc) is 2.15. The Morgan fingerprint density at radius 3 is 2.59 bits per heavy atom. The fourth-order valence-corrected chi connectivity index (χ4v) is 2.30. The number of anilines is 1. The van der Waals surface area contributed by atoms with Crippen molar-refractivity contribution in [1.29, 1.82) is 0 Å². The number of benzene rings is 1. The minimum Gasteiger partial charge on any atom is -0.399 e. The molecule has 0 bridgehead atoms. The molecule has 0 saturated heterocycles. The smallest absolute Gasteiger partial charge is 0.399 e. The molecule has 0 saturated carbocycles. The van der Waals surface area contributed by atoms with Gasteiger partial charge in [0.1, 0.15) is 12.5 Å². The zero-order chi connectivity index (χ0) is 13.1. The standard InChI is InChI=1S/C9H9ClF3NO2S/c10-7-3-6(14)1-2-8(7)17(15)5-16-4-9(11,12)13/h1-3H,4-5,14H2. The van der Waals surface area contributed by atoms with Gasteiger partial charge in [-0.15, -0.1) is 0 Å². The zero-order valence-corrected chi connectivity index (χ0v) is 10.0. The largest absolute Gasteiger partial charge is 0.411 e. The summed E-state index contributed by atoms with van der Waals surface area (Å²) in [6.45, 7) is -1.44. The van der Waals surface area contributed by atoms with Gasteiger partial charge in [0.05, 0.1) is 20.7 Å². The van der Waals surface area contributed by atoms with Crippen LogP contribution in [0.3, 0.4) is 0 Å². The summed E-state index contributed by atoms with van der Waals surface area (Å²) in [6, 6.07) is 4.23. The number of alkyl halides is 3. The van der Waals surface area contributed by atoms with E-state index in [-0.39, 0.29) is 9.92 Å². The van der Waals surface area contributed by atoms with Crippen molar-refractivity contribution in [2.45, 2.75) is 11.1 Å². The maximum Gasteiger partial charge on any atom is 0.411 e. The lowest BCUT2D eigenvalue weighted by molar-refractivity contribution is -0.169. The fraction of sp³-hybridized carbons (Fsp3) is 0.333. The van der Waals surface area contributed by atoms with Crippen molar-refractivity contribution in [1.82, 2.24) is 0 Å². The summed E-state index contributed by atoms with van der Waals surface area (Å²) in [4.78, 5) is 0.197. The van der Waals surface area contributed by atoms with Crippen LogP contribution in [0, 0.1) is 0 Å². The maximum absolute atomic E-state index is 11.8. The average molecular weight is 288 g/mol. The Morgan fingerprint density at radius 2 is 2.06 bits per heavy atom. The van der Waals surface area contributed by atoms with Crippen LogP contribution < -0.4 is 5.73 Å². The maximum atomic E-state index is 11.8. The van der Waals surface area contributed by atoms with E-state index in [1.807, 2.05) is 0 Å². The Bertz CT molecular complexity index is 425. The van der Waals surface area contributed by atoms with Gasteiger partial charge in [-0.3, -0.25) is 4.21 Å². The predicted octanol–water partition coefficient (Wildman–Crippen LogP) is 2.57. The van der Waals surface area contributed by atoms with E-state index in [0.717, 1.165) is 0 Å². The van der Waals surface area contributed by atoms with Crippen molar-refractivity contribution in [3.8, 4) is 0 Å². The normalized spacial score (nSPS) is 13.6. The van der Waals surface area contributed by atoms with Gasteiger partial charge < -0.3 is 10.5 Å². The SMILES string of the molecule is Nc1ccc(S(=O)COCC(F)(F)F)c(Cl)c1. The second-order valence-electron chi connectivity index (χ2n) is 3.12. The lowest BCUT2D eigenvalue weighted by Crippen LogP contribution is -2.18. The van der Waals surface area contributed by atoms with E-state index in [9.17, 15) is 17.4 Å². The van der Waals surface area contributed by atoms with E-state index in [4.69, 9.17) is 17.3 Å². The highest BCUT2D eigenvalue weighted by Gasteiger charge is 2.27. The van der Waals surface area contributed by atoms with Crippen LogP contribution in [0.2, 0.25) is 5.02 Å². The van der Waals surface area contributed by atoms with Gasteiger partial charge in [-0.25, -0.2) is 0 Å². The molecule has 8 heteroatoms. The summed E-state index contributed by atoms with van der Waals surface area (Å²) >= 11 is 5.74. The molecule has 1 rings (SSSR count). The molecule has 0 fully saturated rings. The highest BCUT2D eigenvalue weighted by Crippen LogP contribution is 2.23. The number of hydrogen-bond donors (Lipinski definition) is 1. The Balaban J connectivity index is 2.59. The molecule has 1 atom stereocenters. The molecule has 3 nitrogen and oxygen atoms in total. The Kier molecular flexibility index (Phi) is 4.79. The van der Waals surface area contributed by atoms with Gasteiger partial charge in [0, 0.05) is 5.69 Å². The van der Waals surface area contributed by atoms with Crippen LogP contribution in [0.1, 0.15) is 0 Å². The van der Waals surface area contributed by atoms with Crippen molar-refractivity contribution >= 4 is 28.1 Å². The Hall–Kier alpha value is -0.790. The molecular weight excluding hydrogens is 279 g/mol. The van der Waals surface area contributed by atoms with E-state index in [1.165, 1.54) is 18.2 Å². The fourth-order valence-electron chi connectivity index (χ4n) is 0.998. The lowest BCUT2D eigenvalue weighted by atomic mass is 10.3. The van der Waals surface area contributed by atoms with E-state index >= 15 is 0 Å². The van der Waals surface area contributed by atoms with Gasteiger partial charge >= 0.3 is 6.18 Å². The van der Waals surface area contributed by atoms with Gasteiger partial charge in [0.2, 0.25) is 0 Å². The van der Waals surface area contributed by atoms with Crippen molar-refractivity contribution < 1.29 is 22.1 Å². The molecule has 0 heterocycles. The van der Waals surface area contributed by atoms with Crippen LogP contribution in [0.5, 0.6) is 0 Å². The number of halogens is 4. The first-order valence-electron chi connectivity index (χ1n) is 4.37. The highest BCUT2D eigenvalue weighted by molar-refractivity contribution is 7.85. The summed E-state index contributed by atoms with van der Waals surface area (Å²) in [5.74, 6) is -0.566. The lowest BCUT2D eigenvalue weighted by Gasteiger charge is -2.08. The number of nitrogens with two attached hydrogens (primary N) is 1. The first-order chi connectivity index (χ1) is 7.79. The Morgan fingerprint density at radius 1 is 1.41 bits per heavy atom. The topological polar surface area (TPSA) is 52.3 Å². The van der Waals surface area contributed by atoms with Gasteiger partial charge in [-0.05, 0) is 18.2 Å². The third-order valence-electron chi connectivity index (χ3n) is 1.66. The van der Waals surface area contributed by atoms with Gasteiger partial charge in [0.25, 0.3) is 0 Å². The molecule has 17 heavy (non-hydrogen) atoms. The number of hydrogen-bond acceptors (Lipinski definition) is 3. The summed E-state index contributed by atoms with van der Waals surface area (Å²) < 4.78 is 51.2. The zero-order valence-electron chi connectivity index (χ0n) is 8.46. The molecule has 0 amide bonds. The molecule has 1 aromatic rings. The van der Waals surface area contributed by atoms with E-state index in [0.29, 0.717) is 5.69 Å². The summed E-state index contributed by atoms with van der Waals surface area (Å²) in [7, 11) is -1.75. The Labute approximate surface area is 103 Å². The first-order valence-corrected chi connectivity index (χ1v) is 6.07. The highest BCUT2D eigenvalue weighted by atomic mass is 35.5. The summed E-state index contributed by atoms with van der Waals surface area (Å²) in [5, 5.41) is 0.138. The molecule has 1 unspecified atom stereocenters. The number of rotatable bonds is 4. The quantitative estimate of drug-likeness (QED) is 0.866. The molecule has 0 aliphatic carbocycles.